The molecular formula is C9H14O2S. The van der Waals surface area contributed by atoms with Crippen LogP contribution in [0.4, 0.5) is 0 Å². The van der Waals surface area contributed by atoms with E-state index in [1.54, 1.807) is 6.92 Å². The number of aliphatic hydroxyl groups is 1. The number of ether oxygens (including phenoxy) is 1. The van der Waals surface area contributed by atoms with Gasteiger partial charge in [-0.1, -0.05) is 0 Å². The molecule has 12 heavy (non-hydrogen) atoms. The van der Waals surface area contributed by atoms with E-state index in [9.17, 15) is 5.11 Å². The number of hydrogen-bond donors (Lipinski definition) is 1. The molecule has 1 aliphatic rings. The van der Waals surface area contributed by atoms with E-state index in [4.69, 9.17) is 4.74 Å². The molecular weight excluding hydrogens is 172 g/mol. The highest BCUT2D eigenvalue weighted by Gasteiger charge is 2.21. The Bertz CT molecular complexity index is 177. The molecule has 1 heterocycles. The average molecular weight is 186 g/mol. The summed E-state index contributed by atoms with van der Waals surface area (Å²) in [6.45, 7) is 2.54. The lowest BCUT2D eigenvalue weighted by Gasteiger charge is -2.25. The molecule has 1 aliphatic heterocycles. The van der Waals surface area contributed by atoms with Gasteiger partial charge in [-0.25, -0.2) is 0 Å². The third-order valence-electron chi connectivity index (χ3n) is 1.76. The monoisotopic (exact) mass is 186 g/mol. The first kappa shape index (κ1) is 9.91. The second-order valence-corrected chi connectivity index (χ2v) is 3.83. The summed E-state index contributed by atoms with van der Waals surface area (Å²) in [6.07, 6.45) is 0.108. The Labute approximate surface area is 77.7 Å². The van der Waals surface area contributed by atoms with Crippen molar-refractivity contribution in [2.75, 3.05) is 18.1 Å². The van der Waals surface area contributed by atoms with Crippen LogP contribution in [-0.2, 0) is 4.74 Å². The van der Waals surface area contributed by atoms with E-state index in [2.05, 4.69) is 11.8 Å². The third kappa shape index (κ3) is 3.06. The van der Waals surface area contributed by atoms with Crippen molar-refractivity contribution in [3.8, 4) is 11.8 Å². The van der Waals surface area contributed by atoms with Crippen molar-refractivity contribution in [1.29, 1.82) is 0 Å². The Morgan fingerprint density at radius 3 is 3.17 bits per heavy atom. The summed E-state index contributed by atoms with van der Waals surface area (Å²) >= 11 is 1.83. The largest absolute Gasteiger partial charge is 0.389 e. The fourth-order valence-electron chi connectivity index (χ4n) is 1.07. The second kappa shape index (κ2) is 5.47. The Balaban J connectivity index is 2.27. The summed E-state index contributed by atoms with van der Waals surface area (Å²) < 4.78 is 5.40. The Hall–Kier alpha value is -0.170. The van der Waals surface area contributed by atoms with Gasteiger partial charge in [0.15, 0.2) is 0 Å². The van der Waals surface area contributed by atoms with E-state index in [1.807, 2.05) is 11.8 Å². The van der Waals surface area contributed by atoms with Crippen LogP contribution in [0.2, 0.25) is 0 Å². The topological polar surface area (TPSA) is 29.5 Å². The highest BCUT2D eigenvalue weighted by Crippen LogP contribution is 2.16. The van der Waals surface area contributed by atoms with Gasteiger partial charge in [-0.3, -0.25) is 0 Å². The van der Waals surface area contributed by atoms with Gasteiger partial charge in [0.2, 0.25) is 0 Å². The van der Waals surface area contributed by atoms with Crippen LogP contribution in [0.5, 0.6) is 0 Å². The predicted molar refractivity (Wildman–Crippen MR) is 51.1 cm³/mol. The predicted octanol–water partition coefficient (Wildman–Crippen LogP) is 0.893. The van der Waals surface area contributed by atoms with Crippen LogP contribution in [-0.4, -0.2) is 35.4 Å². The Morgan fingerprint density at radius 2 is 2.58 bits per heavy atom. The molecule has 0 amide bonds. The van der Waals surface area contributed by atoms with Crippen molar-refractivity contribution < 1.29 is 9.84 Å². The van der Waals surface area contributed by atoms with Gasteiger partial charge in [-0.2, -0.15) is 11.8 Å². The van der Waals surface area contributed by atoms with Crippen LogP contribution in [0.15, 0.2) is 0 Å². The van der Waals surface area contributed by atoms with E-state index >= 15 is 0 Å². The molecule has 0 aromatic rings. The molecule has 1 saturated heterocycles. The Morgan fingerprint density at radius 1 is 1.75 bits per heavy atom. The normalized spacial score (nSPS) is 25.7. The molecule has 1 N–H and O–H groups in total. The molecule has 1 rings (SSSR count). The molecule has 0 radical (unpaired) electrons. The highest BCUT2D eigenvalue weighted by atomic mass is 32.2. The van der Waals surface area contributed by atoms with E-state index in [1.165, 1.54) is 0 Å². The van der Waals surface area contributed by atoms with Crippen LogP contribution >= 0.6 is 11.8 Å². The van der Waals surface area contributed by atoms with Crippen molar-refractivity contribution in [2.24, 2.45) is 0 Å². The maximum absolute atomic E-state index is 9.56. The fourth-order valence-corrected chi connectivity index (χ4v) is 2.00. The molecule has 1 fully saturated rings. The number of hydrogen-bond acceptors (Lipinski definition) is 3. The summed E-state index contributed by atoms with van der Waals surface area (Å²) in [6, 6.07) is 0. The van der Waals surface area contributed by atoms with Crippen molar-refractivity contribution in [3.05, 3.63) is 0 Å². The molecule has 68 valence electrons. The first-order chi connectivity index (χ1) is 5.84. The molecule has 2 unspecified atom stereocenters. The zero-order valence-corrected chi connectivity index (χ0v) is 8.06. The van der Waals surface area contributed by atoms with Gasteiger partial charge in [-0.05, 0) is 6.92 Å². The Kier molecular flexibility index (Phi) is 4.52. The standard InChI is InChI=1S/C9H14O2S/c1-2-3-4-8(10)9-7-12-6-5-11-9/h8-10H,4-7H2,1H3. The molecule has 0 aromatic carbocycles. The van der Waals surface area contributed by atoms with Gasteiger partial charge in [0, 0.05) is 17.9 Å². The quantitative estimate of drug-likeness (QED) is 0.650. The molecule has 0 aliphatic carbocycles. The number of thioether (sulfide) groups is 1. The van der Waals surface area contributed by atoms with Crippen LogP contribution in [0.25, 0.3) is 0 Å². The number of rotatable bonds is 2. The first-order valence-electron chi connectivity index (χ1n) is 4.11. The summed E-state index contributed by atoms with van der Waals surface area (Å²) in [5, 5.41) is 9.56. The fraction of sp³-hybridized carbons (Fsp3) is 0.778. The molecule has 0 bridgehead atoms. The van der Waals surface area contributed by atoms with Crippen molar-refractivity contribution in [1.82, 2.24) is 0 Å². The lowest BCUT2D eigenvalue weighted by Crippen LogP contribution is -2.34. The van der Waals surface area contributed by atoms with Crippen LogP contribution in [0.1, 0.15) is 13.3 Å². The third-order valence-corrected chi connectivity index (χ3v) is 2.78. The molecule has 2 nitrogen and oxygen atoms in total. The average Bonchev–Trinajstić information content (AvgIpc) is 2.15. The maximum Gasteiger partial charge on any atom is 0.0933 e. The van der Waals surface area contributed by atoms with Gasteiger partial charge in [0.05, 0.1) is 18.8 Å². The van der Waals surface area contributed by atoms with Gasteiger partial charge in [0.25, 0.3) is 0 Å². The van der Waals surface area contributed by atoms with Crippen LogP contribution < -0.4 is 0 Å². The second-order valence-electron chi connectivity index (χ2n) is 2.68. The van der Waals surface area contributed by atoms with Gasteiger partial charge in [0.1, 0.15) is 0 Å². The van der Waals surface area contributed by atoms with Crippen molar-refractivity contribution in [2.45, 2.75) is 25.6 Å². The van der Waals surface area contributed by atoms with E-state index in [0.717, 1.165) is 18.1 Å². The summed E-state index contributed by atoms with van der Waals surface area (Å²) in [7, 11) is 0. The van der Waals surface area contributed by atoms with Gasteiger partial charge in [-0.15, -0.1) is 11.8 Å². The van der Waals surface area contributed by atoms with Crippen LogP contribution in [0.3, 0.4) is 0 Å². The van der Waals surface area contributed by atoms with Gasteiger partial charge < -0.3 is 9.84 Å². The molecule has 3 heteroatoms. The molecule has 2 atom stereocenters. The smallest absolute Gasteiger partial charge is 0.0933 e. The minimum atomic E-state index is -0.412. The van der Waals surface area contributed by atoms with E-state index in [0.29, 0.717) is 6.42 Å². The van der Waals surface area contributed by atoms with Crippen molar-refractivity contribution in [3.63, 3.8) is 0 Å². The molecule has 0 aromatic heterocycles. The minimum Gasteiger partial charge on any atom is -0.389 e. The van der Waals surface area contributed by atoms with Gasteiger partial charge >= 0.3 is 0 Å². The summed E-state index contributed by atoms with van der Waals surface area (Å²) in [5.41, 5.74) is 0. The summed E-state index contributed by atoms with van der Waals surface area (Å²) in [4.78, 5) is 0. The zero-order chi connectivity index (χ0) is 8.81. The highest BCUT2D eigenvalue weighted by molar-refractivity contribution is 7.99. The zero-order valence-electron chi connectivity index (χ0n) is 7.25. The number of aliphatic hydroxyl groups excluding tert-OH is 1. The van der Waals surface area contributed by atoms with Crippen molar-refractivity contribution >= 4 is 11.8 Å². The maximum atomic E-state index is 9.56. The SMILES string of the molecule is CC#CCC(O)C1CSCCO1. The first-order valence-corrected chi connectivity index (χ1v) is 5.27. The molecule has 0 spiro atoms. The van der Waals surface area contributed by atoms with E-state index in [-0.39, 0.29) is 6.10 Å². The van der Waals surface area contributed by atoms with E-state index < -0.39 is 6.10 Å². The lowest BCUT2D eigenvalue weighted by atomic mass is 10.1. The molecule has 0 saturated carbocycles. The minimum absolute atomic E-state index is 0.00963. The lowest BCUT2D eigenvalue weighted by molar-refractivity contribution is -0.0187. The van der Waals surface area contributed by atoms with Crippen LogP contribution in [0, 0.1) is 11.8 Å². The summed E-state index contributed by atoms with van der Waals surface area (Å²) in [5.74, 6) is 7.56.